The van der Waals surface area contributed by atoms with Crippen LogP contribution in [-0.4, -0.2) is 22.9 Å². The van der Waals surface area contributed by atoms with Crippen LogP contribution in [0.5, 0.6) is 5.75 Å². The highest BCUT2D eigenvalue weighted by Gasteiger charge is 2.16. The van der Waals surface area contributed by atoms with Crippen molar-refractivity contribution in [3.05, 3.63) is 62.6 Å². The van der Waals surface area contributed by atoms with E-state index in [1.807, 2.05) is 0 Å². The third kappa shape index (κ3) is 3.24. The van der Waals surface area contributed by atoms with Crippen LogP contribution < -0.4 is 15.6 Å². The molecule has 1 aromatic heterocycles. The van der Waals surface area contributed by atoms with E-state index < -0.39 is 10.8 Å². The van der Waals surface area contributed by atoms with E-state index in [-0.39, 0.29) is 28.2 Å². The largest absolute Gasteiger partial charge is 0.490 e. The van der Waals surface area contributed by atoms with E-state index in [2.05, 4.69) is 10.3 Å². The zero-order valence-corrected chi connectivity index (χ0v) is 11.0. The molecular weight excluding hydrogens is 278 g/mol. The lowest BCUT2D eigenvalue weighted by atomic mass is 10.2. The van der Waals surface area contributed by atoms with Gasteiger partial charge in [-0.2, -0.15) is 0 Å². The van der Waals surface area contributed by atoms with Crippen LogP contribution in [0.4, 0.5) is 11.4 Å². The number of nitro benzene ring substituents is 1. The molecule has 0 saturated heterocycles. The average Bonchev–Trinajstić information content (AvgIpc) is 2.47. The van der Waals surface area contributed by atoms with E-state index in [0.717, 1.165) is 0 Å². The Bertz CT molecular complexity index is 733. The third-order valence-corrected chi connectivity index (χ3v) is 2.68. The summed E-state index contributed by atoms with van der Waals surface area (Å²) in [6.07, 6.45) is 1.26. The number of aromatic nitrogens is 1. The van der Waals surface area contributed by atoms with Crippen LogP contribution in [0.2, 0.25) is 0 Å². The molecule has 0 fully saturated rings. The first kappa shape index (κ1) is 14.3. The van der Waals surface area contributed by atoms with Crippen molar-refractivity contribution in [1.82, 2.24) is 4.98 Å². The van der Waals surface area contributed by atoms with Gasteiger partial charge < -0.3 is 15.0 Å². The number of hydrogen-bond donors (Lipinski definition) is 2. The second-order valence-electron chi connectivity index (χ2n) is 4.04. The summed E-state index contributed by atoms with van der Waals surface area (Å²) in [5, 5.41) is 13.4. The van der Waals surface area contributed by atoms with E-state index in [1.54, 1.807) is 0 Å². The number of carbonyl (C=O) groups excluding carboxylic acids is 1. The molecule has 1 amide bonds. The van der Waals surface area contributed by atoms with E-state index in [1.165, 1.54) is 43.6 Å². The number of carbonyl (C=O) groups is 1. The first-order valence-corrected chi connectivity index (χ1v) is 5.84. The summed E-state index contributed by atoms with van der Waals surface area (Å²) in [4.78, 5) is 35.5. The van der Waals surface area contributed by atoms with E-state index in [9.17, 15) is 19.7 Å². The fourth-order valence-electron chi connectivity index (χ4n) is 1.67. The van der Waals surface area contributed by atoms with Gasteiger partial charge in [0.05, 0.1) is 17.6 Å². The van der Waals surface area contributed by atoms with Crippen LogP contribution in [0, 0.1) is 10.1 Å². The molecule has 0 aliphatic heterocycles. The number of H-pyrrole nitrogens is 1. The number of rotatable bonds is 4. The van der Waals surface area contributed by atoms with Crippen molar-refractivity contribution in [2.75, 3.05) is 12.4 Å². The lowest BCUT2D eigenvalue weighted by molar-refractivity contribution is -0.385. The second kappa shape index (κ2) is 5.87. The number of anilines is 1. The molecule has 2 rings (SSSR count). The summed E-state index contributed by atoms with van der Waals surface area (Å²) in [6.45, 7) is 0. The van der Waals surface area contributed by atoms with Gasteiger partial charge in [0.2, 0.25) is 5.56 Å². The lowest BCUT2D eigenvalue weighted by Crippen LogP contribution is -2.14. The Morgan fingerprint density at radius 2 is 2.10 bits per heavy atom. The van der Waals surface area contributed by atoms with Crippen molar-refractivity contribution in [3.8, 4) is 5.75 Å². The molecule has 2 aromatic rings. The zero-order chi connectivity index (χ0) is 15.4. The Balaban J connectivity index is 2.25. The zero-order valence-electron chi connectivity index (χ0n) is 11.0. The summed E-state index contributed by atoms with van der Waals surface area (Å²) in [7, 11) is 1.32. The highest BCUT2D eigenvalue weighted by molar-refractivity contribution is 6.04. The Labute approximate surface area is 118 Å². The lowest BCUT2D eigenvalue weighted by Gasteiger charge is -2.07. The maximum Gasteiger partial charge on any atom is 0.312 e. The van der Waals surface area contributed by atoms with Crippen molar-refractivity contribution in [1.29, 1.82) is 0 Å². The normalized spacial score (nSPS) is 9.95. The number of pyridine rings is 1. The Hall–Kier alpha value is -3.16. The monoisotopic (exact) mass is 289 g/mol. The van der Waals surface area contributed by atoms with E-state index in [0.29, 0.717) is 0 Å². The molecule has 1 heterocycles. The van der Waals surface area contributed by atoms with Crippen molar-refractivity contribution in [2.45, 2.75) is 0 Å². The molecular formula is C13H11N3O5. The molecule has 0 aliphatic carbocycles. The highest BCUT2D eigenvalue weighted by atomic mass is 16.6. The van der Waals surface area contributed by atoms with Crippen LogP contribution >= 0.6 is 0 Å². The molecule has 8 nitrogen and oxygen atoms in total. The summed E-state index contributed by atoms with van der Waals surface area (Å²) >= 11 is 0. The molecule has 0 bridgehead atoms. The number of hydrogen-bond acceptors (Lipinski definition) is 5. The summed E-state index contributed by atoms with van der Waals surface area (Å²) < 4.78 is 4.87. The second-order valence-corrected chi connectivity index (χ2v) is 4.04. The van der Waals surface area contributed by atoms with Gasteiger partial charge in [0.25, 0.3) is 5.91 Å². The summed E-state index contributed by atoms with van der Waals surface area (Å²) in [6, 6.07) is 6.63. The molecule has 0 radical (unpaired) electrons. The number of methoxy groups -OCH3 is 1. The maximum atomic E-state index is 11.9. The fraction of sp³-hybridized carbons (Fsp3) is 0.0769. The Morgan fingerprint density at radius 1 is 1.33 bits per heavy atom. The van der Waals surface area contributed by atoms with E-state index in [4.69, 9.17) is 4.74 Å². The van der Waals surface area contributed by atoms with Gasteiger partial charge in [-0.3, -0.25) is 19.7 Å². The number of ether oxygens (including phenoxy) is 1. The van der Waals surface area contributed by atoms with Gasteiger partial charge in [-0.25, -0.2) is 0 Å². The third-order valence-electron chi connectivity index (χ3n) is 2.68. The van der Waals surface area contributed by atoms with Gasteiger partial charge >= 0.3 is 5.69 Å². The number of amides is 1. The number of nitrogens with zero attached hydrogens (tertiary/aromatic N) is 1. The number of nitrogens with one attached hydrogen (secondary N) is 2. The quantitative estimate of drug-likeness (QED) is 0.654. The van der Waals surface area contributed by atoms with Gasteiger partial charge in [-0.05, 0) is 18.2 Å². The minimum atomic E-state index is -0.603. The number of aromatic amines is 1. The molecule has 0 atom stereocenters. The fourth-order valence-corrected chi connectivity index (χ4v) is 1.67. The summed E-state index contributed by atoms with van der Waals surface area (Å²) in [5.41, 5.74) is -0.102. The minimum absolute atomic E-state index is 0.0991. The maximum absolute atomic E-state index is 11.9. The van der Waals surface area contributed by atoms with Gasteiger partial charge in [0.15, 0.2) is 5.75 Å². The van der Waals surface area contributed by atoms with Crippen LogP contribution in [0.15, 0.2) is 41.3 Å². The molecule has 0 unspecified atom stereocenters. The first-order valence-electron chi connectivity index (χ1n) is 5.84. The minimum Gasteiger partial charge on any atom is -0.490 e. The van der Waals surface area contributed by atoms with Crippen molar-refractivity contribution < 1.29 is 14.5 Å². The molecule has 8 heteroatoms. The van der Waals surface area contributed by atoms with Gasteiger partial charge in [0.1, 0.15) is 0 Å². The Morgan fingerprint density at radius 3 is 2.67 bits per heavy atom. The van der Waals surface area contributed by atoms with Gasteiger partial charge in [-0.15, -0.1) is 0 Å². The smallest absolute Gasteiger partial charge is 0.312 e. The number of benzene rings is 1. The Kier molecular flexibility index (Phi) is 3.98. The molecule has 0 spiro atoms. The van der Waals surface area contributed by atoms with Crippen molar-refractivity contribution in [2.24, 2.45) is 0 Å². The van der Waals surface area contributed by atoms with Crippen LogP contribution in [0.1, 0.15) is 10.4 Å². The molecule has 0 saturated carbocycles. The molecule has 21 heavy (non-hydrogen) atoms. The van der Waals surface area contributed by atoms with Crippen LogP contribution in [-0.2, 0) is 0 Å². The SMILES string of the molecule is COc1ccc(NC(=O)c2ccc(=O)[nH]c2)cc1[N+](=O)[O-]. The van der Waals surface area contributed by atoms with Crippen LogP contribution in [0.25, 0.3) is 0 Å². The van der Waals surface area contributed by atoms with E-state index >= 15 is 0 Å². The predicted molar refractivity (Wildman–Crippen MR) is 74.7 cm³/mol. The average molecular weight is 289 g/mol. The number of nitro groups is 1. The van der Waals surface area contributed by atoms with Gasteiger partial charge in [-0.1, -0.05) is 0 Å². The standard InChI is InChI=1S/C13H11N3O5/c1-21-11-4-3-9(6-10(11)16(19)20)15-13(18)8-2-5-12(17)14-7-8/h2-7H,1H3,(H,14,17)(H,15,18). The molecule has 108 valence electrons. The van der Waals surface area contributed by atoms with Crippen molar-refractivity contribution in [3.63, 3.8) is 0 Å². The van der Waals surface area contributed by atoms with Gasteiger partial charge in [0, 0.05) is 24.0 Å². The highest BCUT2D eigenvalue weighted by Crippen LogP contribution is 2.29. The topological polar surface area (TPSA) is 114 Å². The van der Waals surface area contributed by atoms with Crippen molar-refractivity contribution >= 4 is 17.3 Å². The predicted octanol–water partition coefficient (Wildman–Crippen LogP) is 1.54. The molecule has 0 aliphatic rings. The van der Waals surface area contributed by atoms with Crippen LogP contribution in [0.3, 0.4) is 0 Å². The summed E-state index contributed by atoms with van der Waals surface area (Å²) in [5.74, 6) is -0.396. The molecule has 1 aromatic carbocycles. The molecule has 2 N–H and O–H groups in total. The first-order chi connectivity index (χ1) is 10.0.